The first-order valence-corrected chi connectivity index (χ1v) is 18.8. The third kappa shape index (κ3) is 5.18. The molecule has 0 saturated heterocycles. The van der Waals surface area contributed by atoms with E-state index in [2.05, 4.69) is 174 Å². The zero-order chi connectivity index (χ0) is 36.1. The molecule has 3 nitrogen and oxygen atoms in total. The number of hydrogen-bond donors (Lipinski definition) is 0. The molecule has 3 atom stereocenters. The number of allylic oxidation sites excluding steroid dienone is 1. The quantitative estimate of drug-likeness (QED) is 0.159. The van der Waals surface area contributed by atoms with Crippen LogP contribution < -0.4 is 4.74 Å². The second-order valence-electron chi connectivity index (χ2n) is 13.7. The Labute approximate surface area is 311 Å². The lowest BCUT2D eigenvalue weighted by molar-refractivity contribution is 0.232. The number of benzene rings is 6. The summed E-state index contributed by atoms with van der Waals surface area (Å²) in [6, 6.07) is 50.5. The van der Waals surface area contributed by atoms with Gasteiger partial charge in [-0.25, -0.2) is 0 Å². The fourth-order valence-electron chi connectivity index (χ4n) is 8.77. The van der Waals surface area contributed by atoms with Gasteiger partial charge in [0.05, 0.1) is 22.6 Å². The topological polar surface area (TPSA) is 19.1 Å². The molecular formula is C50H42N2O. The van der Waals surface area contributed by atoms with Crippen molar-refractivity contribution in [3.8, 4) is 33.7 Å². The summed E-state index contributed by atoms with van der Waals surface area (Å²) in [6.45, 7) is 12.6. The average Bonchev–Trinajstić information content (AvgIpc) is 3.88. The van der Waals surface area contributed by atoms with Gasteiger partial charge < -0.3 is 13.9 Å². The lowest BCUT2D eigenvalue weighted by atomic mass is 9.84. The van der Waals surface area contributed by atoms with Crippen molar-refractivity contribution in [1.29, 1.82) is 0 Å². The summed E-state index contributed by atoms with van der Waals surface area (Å²) in [5, 5.41) is 3.66. The molecule has 10 rings (SSSR count). The van der Waals surface area contributed by atoms with Crippen molar-refractivity contribution in [2.24, 2.45) is 0 Å². The van der Waals surface area contributed by atoms with Gasteiger partial charge in [-0.2, -0.15) is 0 Å². The summed E-state index contributed by atoms with van der Waals surface area (Å²) >= 11 is 0. The van der Waals surface area contributed by atoms with Crippen molar-refractivity contribution in [3.05, 3.63) is 182 Å². The van der Waals surface area contributed by atoms with Crippen molar-refractivity contribution < 1.29 is 4.74 Å². The van der Waals surface area contributed by atoms with E-state index in [0.29, 0.717) is 5.92 Å². The predicted molar refractivity (Wildman–Crippen MR) is 225 cm³/mol. The molecule has 258 valence electrons. The van der Waals surface area contributed by atoms with E-state index < -0.39 is 0 Å². The van der Waals surface area contributed by atoms with Gasteiger partial charge in [0.15, 0.2) is 0 Å². The van der Waals surface area contributed by atoms with E-state index in [4.69, 9.17) is 4.74 Å². The lowest BCUT2D eigenvalue weighted by Gasteiger charge is -2.29. The Morgan fingerprint density at radius 2 is 1.30 bits per heavy atom. The molecule has 6 aromatic carbocycles. The first-order chi connectivity index (χ1) is 26.2. The van der Waals surface area contributed by atoms with Crippen LogP contribution in [0.4, 0.5) is 0 Å². The highest BCUT2D eigenvalue weighted by molar-refractivity contribution is 6.11. The van der Waals surface area contributed by atoms with E-state index in [1.54, 1.807) is 0 Å². The van der Waals surface area contributed by atoms with Crippen LogP contribution in [0.1, 0.15) is 49.0 Å². The highest BCUT2D eigenvalue weighted by Gasteiger charge is 2.38. The van der Waals surface area contributed by atoms with Gasteiger partial charge in [0, 0.05) is 44.6 Å². The Balaban J connectivity index is 0.00000183. The van der Waals surface area contributed by atoms with Gasteiger partial charge >= 0.3 is 0 Å². The summed E-state index contributed by atoms with van der Waals surface area (Å²) in [7, 11) is 0. The number of fused-ring (bicyclic) bond motifs is 7. The summed E-state index contributed by atoms with van der Waals surface area (Å²) < 4.78 is 11.2. The van der Waals surface area contributed by atoms with Crippen LogP contribution in [0.15, 0.2) is 165 Å². The predicted octanol–water partition coefficient (Wildman–Crippen LogP) is 13.4. The molecule has 3 heterocycles. The Morgan fingerprint density at radius 1 is 0.604 bits per heavy atom. The van der Waals surface area contributed by atoms with Gasteiger partial charge in [0.2, 0.25) is 0 Å². The van der Waals surface area contributed by atoms with Gasteiger partial charge in [-0.1, -0.05) is 130 Å². The fraction of sp³-hybridized carbons (Fsp3) is 0.120. The normalized spacial score (nSPS) is 17.2. The number of hydrogen-bond acceptors (Lipinski definition) is 1. The number of aromatic nitrogens is 2. The van der Waals surface area contributed by atoms with E-state index in [1.807, 2.05) is 26.0 Å². The first kappa shape index (κ1) is 32.6. The van der Waals surface area contributed by atoms with Gasteiger partial charge in [-0.15, -0.1) is 0 Å². The Bertz CT molecular complexity index is 2690. The monoisotopic (exact) mass is 686 g/mol. The van der Waals surface area contributed by atoms with Crippen LogP contribution in [0.3, 0.4) is 0 Å². The van der Waals surface area contributed by atoms with Crippen LogP contribution in [0.25, 0.3) is 72.8 Å². The molecule has 0 spiro atoms. The molecule has 8 aromatic rings. The summed E-state index contributed by atoms with van der Waals surface area (Å²) in [6.07, 6.45) is 9.62. The number of ether oxygens (including phenoxy) is 1. The third-order valence-corrected chi connectivity index (χ3v) is 11.0. The number of nitrogens with zero attached hydrogens (tertiary/aromatic N) is 2. The van der Waals surface area contributed by atoms with E-state index in [-0.39, 0.29) is 12.1 Å². The number of para-hydroxylation sites is 3. The maximum absolute atomic E-state index is 6.36. The average molecular weight is 687 g/mol. The third-order valence-electron chi connectivity index (χ3n) is 11.0. The molecule has 2 aliphatic rings. The van der Waals surface area contributed by atoms with Crippen molar-refractivity contribution in [2.45, 2.75) is 38.3 Å². The van der Waals surface area contributed by atoms with Gasteiger partial charge in [-0.05, 0) is 89.4 Å². The van der Waals surface area contributed by atoms with E-state index in [1.165, 1.54) is 60.5 Å². The fourth-order valence-corrected chi connectivity index (χ4v) is 8.77. The molecule has 0 fully saturated rings. The van der Waals surface area contributed by atoms with Crippen LogP contribution in [-0.2, 0) is 0 Å². The molecule has 0 saturated carbocycles. The smallest absolute Gasteiger partial charge is 0.124 e. The Morgan fingerprint density at radius 3 is 2.09 bits per heavy atom. The zero-order valence-electron chi connectivity index (χ0n) is 30.2. The van der Waals surface area contributed by atoms with Crippen LogP contribution in [0.2, 0.25) is 0 Å². The van der Waals surface area contributed by atoms with Gasteiger partial charge in [0.1, 0.15) is 11.9 Å². The molecule has 1 aliphatic carbocycles. The van der Waals surface area contributed by atoms with Crippen LogP contribution in [-0.4, -0.2) is 15.2 Å². The van der Waals surface area contributed by atoms with Gasteiger partial charge in [0.25, 0.3) is 0 Å². The molecule has 1 aliphatic heterocycles. The first-order valence-electron chi connectivity index (χ1n) is 18.8. The molecular weight excluding hydrogens is 645 g/mol. The molecule has 0 bridgehead atoms. The Kier molecular flexibility index (Phi) is 8.20. The highest BCUT2D eigenvalue weighted by atomic mass is 16.5. The Hall–Kier alpha value is -6.32. The highest BCUT2D eigenvalue weighted by Crippen LogP contribution is 2.48. The zero-order valence-corrected chi connectivity index (χ0v) is 30.2. The maximum Gasteiger partial charge on any atom is 0.124 e. The van der Waals surface area contributed by atoms with Crippen molar-refractivity contribution in [2.75, 3.05) is 0 Å². The van der Waals surface area contributed by atoms with Crippen molar-refractivity contribution >= 4 is 44.9 Å². The summed E-state index contributed by atoms with van der Waals surface area (Å²) in [4.78, 5) is 0. The summed E-state index contributed by atoms with van der Waals surface area (Å²) in [5.74, 6) is 1.31. The molecule has 0 N–H and O–H groups in total. The standard InChI is InChI=1S/C48H36N2O.C2H6/c1-3-35-41-29-38(32-23-25-45-40(27-32)36-19-11-13-21-44(36)49(45)33-17-9-6-10-18-33)39(31-15-7-5-8-16-31)30-46(41)50(43(35)4-2)34-24-26-48-42(28-34)37-20-12-14-22-47(37)51-48;1-2/h3-27,29-30,34,42,48H,1-2,28H2;1-2H3. The van der Waals surface area contributed by atoms with E-state index in [0.717, 1.165) is 29.1 Å². The largest absolute Gasteiger partial charge is 0.485 e. The maximum atomic E-state index is 6.36. The molecule has 0 amide bonds. The second-order valence-corrected chi connectivity index (χ2v) is 13.7. The van der Waals surface area contributed by atoms with Crippen LogP contribution >= 0.6 is 0 Å². The molecule has 3 unspecified atom stereocenters. The van der Waals surface area contributed by atoms with Crippen molar-refractivity contribution in [1.82, 2.24) is 9.13 Å². The SMILES string of the molecule is C=Cc1c(C=C)n(C2C=CC3Oc4ccccc4C3C2)c2cc(-c3ccccc3)c(-c3ccc4c(c3)c3ccccc3n4-c3ccccc3)cc12.CC. The van der Waals surface area contributed by atoms with Crippen LogP contribution in [0, 0.1) is 0 Å². The number of rotatable bonds is 6. The molecule has 0 radical (unpaired) electrons. The van der Waals surface area contributed by atoms with E-state index in [9.17, 15) is 0 Å². The minimum absolute atomic E-state index is 0.0702. The van der Waals surface area contributed by atoms with Gasteiger partial charge in [-0.3, -0.25) is 0 Å². The van der Waals surface area contributed by atoms with E-state index >= 15 is 0 Å². The minimum atomic E-state index is 0.0702. The minimum Gasteiger partial charge on any atom is -0.485 e. The molecule has 3 heteroatoms. The van der Waals surface area contributed by atoms with Crippen molar-refractivity contribution in [3.63, 3.8) is 0 Å². The lowest BCUT2D eigenvalue weighted by Crippen LogP contribution is -2.25. The molecule has 2 aromatic heterocycles. The van der Waals surface area contributed by atoms with Crippen LogP contribution in [0.5, 0.6) is 5.75 Å². The second kappa shape index (κ2) is 13.3. The molecule has 53 heavy (non-hydrogen) atoms. The summed E-state index contributed by atoms with van der Waals surface area (Å²) in [5.41, 5.74) is 13.0.